The molecule has 0 radical (unpaired) electrons. The number of ether oxygens (including phenoxy) is 1. The summed E-state index contributed by atoms with van der Waals surface area (Å²) in [6.45, 7) is 0. The molecule has 0 atom stereocenters. The van der Waals surface area contributed by atoms with Gasteiger partial charge in [-0.25, -0.2) is 9.59 Å². The number of rotatable bonds is 1. The van der Waals surface area contributed by atoms with Crippen molar-refractivity contribution < 1.29 is 27.1 Å². The van der Waals surface area contributed by atoms with Crippen molar-refractivity contribution in [3.05, 3.63) is 39.7 Å². The zero-order valence-electron chi connectivity index (χ0n) is 10.6. The van der Waals surface area contributed by atoms with Crippen LogP contribution in [0.25, 0.3) is 11.0 Å². The number of esters is 1. The fraction of sp³-hybridized carbons (Fsp3) is 0.286. The van der Waals surface area contributed by atoms with Crippen LogP contribution >= 0.6 is 0 Å². The monoisotopic (exact) mass is 298 g/mol. The maximum absolute atomic E-state index is 12.1. The van der Waals surface area contributed by atoms with E-state index in [0.29, 0.717) is 17.4 Å². The quantitative estimate of drug-likeness (QED) is 0.461. The van der Waals surface area contributed by atoms with Gasteiger partial charge in [-0.3, -0.25) is 0 Å². The van der Waals surface area contributed by atoms with Crippen molar-refractivity contribution in [2.24, 2.45) is 0 Å². The maximum Gasteiger partial charge on any atom is 0.491 e. The number of fused-ring (bicyclic) bond motifs is 3. The van der Waals surface area contributed by atoms with Crippen LogP contribution in [0.5, 0.6) is 5.75 Å². The lowest BCUT2D eigenvalue weighted by atomic mass is 10.1. The minimum absolute atomic E-state index is 0.119. The summed E-state index contributed by atoms with van der Waals surface area (Å²) in [6.07, 6.45) is -2.88. The normalized spacial score (nSPS) is 14.2. The number of halogens is 3. The highest BCUT2D eigenvalue weighted by molar-refractivity contribution is 5.84. The van der Waals surface area contributed by atoms with E-state index in [4.69, 9.17) is 4.42 Å². The van der Waals surface area contributed by atoms with Crippen molar-refractivity contribution >= 4 is 16.9 Å². The summed E-state index contributed by atoms with van der Waals surface area (Å²) < 4.78 is 45.7. The fourth-order valence-corrected chi connectivity index (χ4v) is 2.49. The third kappa shape index (κ3) is 2.39. The third-order valence-electron chi connectivity index (χ3n) is 3.39. The lowest BCUT2D eigenvalue weighted by Crippen LogP contribution is -2.27. The van der Waals surface area contributed by atoms with Crippen LogP contribution in [-0.2, 0) is 17.6 Å². The van der Waals surface area contributed by atoms with Crippen LogP contribution in [0.3, 0.4) is 0 Å². The van der Waals surface area contributed by atoms with Crippen LogP contribution in [0.4, 0.5) is 13.2 Å². The summed E-state index contributed by atoms with van der Waals surface area (Å²) in [7, 11) is 0. The predicted octanol–water partition coefficient (Wildman–Crippen LogP) is 2.75. The van der Waals surface area contributed by atoms with Crippen LogP contribution in [0.1, 0.15) is 17.5 Å². The Bertz CT molecular complexity index is 789. The maximum atomic E-state index is 12.1. The first kappa shape index (κ1) is 13.7. The van der Waals surface area contributed by atoms with Gasteiger partial charge >= 0.3 is 17.8 Å². The molecule has 0 saturated carbocycles. The summed E-state index contributed by atoms with van der Waals surface area (Å²) in [5.74, 6) is -2.63. The molecule has 1 aromatic heterocycles. The Morgan fingerprint density at radius 3 is 2.62 bits per heavy atom. The van der Waals surface area contributed by atoms with Crippen LogP contribution in [0.15, 0.2) is 27.4 Å². The van der Waals surface area contributed by atoms with Crippen LogP contribution < -0.4 is 10.4 Å². The molecule has 110 valence electrons. The number of benzene rings is 1. The van der Waals surface area contributed by atoms with E-state index < -0.39 is 17.8 Å². The topological polar surface area (TPSA) is 56.5 Å². The molecule has 0 spiro atoms. The lowest BCUT2D eigenvalue weighted by molar-refractivity contribution is -0.189. The average molecular weight is 298 g/mol. The Balaban J connectivity index is 2.04. The number of aryl methyl sites for hydroxylation is 1. The first-order chi connectivity index (χ1) is 9.86. The van der Waals surface area contributed by atoms with E-state index in [1.807, 2.05) is 0 Å². The van der Waals surface area contributed by atoms with Crippen LogP contribution in [0.2, 0.25) is 0 Å². The minimum Gasteiger partial charge on any atom is -0.422 e. The molecular formula is C14H9F3O4. The van der Waals surface area contributed by atoms with Gasteiger partial charge in [-0.1, -0.05) is 0 Å². The molecule has 0 unspecified atom stereocenters. The molecule has 1 aromatic carbocycles. The minimum atomic E-state index is -5.08. The largest absolute Gasteiger partial charge is 0.491 e. The van der Waals surface area contributed by atoms with Gasteiger partial charge in [0.15, 0.2) is 0 Å². The molecule has 21 heavy (non-hydrogen) atoms. The summed E-state index contributed by atoms with van der Waals surface area (Å²) in [5.41, 5.74) is 1.10. The van der Waals surface area contributed by atoms with Gasteiger partial charge in [-0.2, -0.15) is 13.2 Å². The van der Waals surface area contributed by atoms with Crippen LogP contribution in [0, 0.1) is 0 Å². The number of carbonyl (C=O) groups excluding carboxylic acids is 1. The third-order valence-corrected chi connectivity index (χ3v) is 3.39. The van der Waals surface area contributed by atoms with Crippen molar-refractivity contribution in [3.63, 3.8) is 0 Å². The first-order valence-electron chi connectivity index (χ1n) is 6.24. The smallest absolute Gasteiger partial charge is 0.422 e. The van der Waals surface area contributed by atoms with Gasteiger partial charge < -0.3 is 9.15 Å². The van der Waals surface area contributed by atoms with E-state index in [1.54, 1.807) is 0 Å². The Hall–Kier alpha value is -2.31. The zero-order chi connectivity index (χ0) is 15.2. The summed E-state index contributed by atoms with van der Waals surface area (Å²) in [4.78, 5) is 22.5. The number of alkyl halides is 3. The molecule has 0 fully saturated rings. The molecule has 1 aliphatic rings. The average Bonchev–Trinajstić information content (AvgIpc) is 2.87. The van der Waals surface area contributed by atoms with Gasteiger partial charge in [-0.05, 0) is 37.0 Å². The predicted molar refractivity (Wildman–Crippen MR) is 66.2 cm³/mol. The summed E-state index contributed by atoms with van der Waals surface area (Å²) in [6, 6.07) is 3.88. The second-order valence-electron chi connectivity index (χ2n) is 4.75. The molecule has 2 aromatic rings. The van der Waals surface area contributed by atoms with Gasteiger partial charge in [-0.15, -0.1) is 0 Å². The molecule has 0 aliphatic heterocycles. The van der Waals surface area contributed by atoms with E-state index in [-0.39, 0.29) is 11.3 Å². The highest BCUT2D eigenvalue weighted by atomic mass is 19.4. The zero-order valence-corrected chi connectivity index (χ0v) is 10.6. The molecule has 3 rings (SSSR count). The molecule has 7 heteroatoms. The highest BCUT2D eigenvalue weighted by Gasteiger charge is 2.41. The van der Waals surface area contributed by atoms with Crippen LogP contribution in [-0.4, -0.2) is 12.1 Å². The fourth-order valence-electron chi connectivity index (χ4n) is 2.49. The molecule has 1 aliphatic carbocycles. The van der Waals surface area contributed by atoms with Crippen molar-refractivity contribution in [3.8, 4) is 5.75 Å². The highest BCUT2D eigenvalue weighted by Crippen LogP contribution is 2.30. The molecule has 0 saturated heterocycles. The van der Waals surface area contributed by atoms with E-state index in [9.17, 15) is 22.8 Å². The van der Waals surface area contributed by atoms with E-state index in [2.05, 4.69) is 4.74 Å². The molecule has 1 heterocycles. The van der Waals surface area contributed by atoms with Crippen molar-refractivity contribution in [2.45, 2.75) is 25.4 Å². The van der Waals surface area contributed by atoms with Gasteiger partial charge in [0.25, 0.3) is 0 Å². The SMILES string of the molecule is O=C(Oc1ccc2c3c(c(=O)oc2c1)CCC3)C(F)(F)F. The first-order valence-corrected chi connectivity index (χ1v) is 6.24. The number of hydrogen-bond acceptors (Lipinski definition) is 4. The molecule has 0 amide bonds. The molecule has 0 N–H and O–H groups in total. The molecule has 0 bridgehead atoms. The van der Waals surface area contributed by atoms with E-state index in [0.717, 1.165) is 24.5 Å². The Labute approximate surface area is 116 Å². The molecular weight excluding hydrogens is 289 g/mol. The van der Waals surface area contributed by atoms with E-state index >= 15 is 0 Å². The second-order valence-corrected chi connectivity index (χ2v) is 4.75. The summed E-state index contributed by atoms with van der Waals surface area (Å²) >= 11 is 0. The number of carbonyl (C=O) groups is 1. The second kappa shape index (κ2) is 4.61. The Kier molecular flexibility index (Phi) is 3.00. The molecule has 4 nitrogen and oxygen atoms in total. The van der Waals surface area contributed by atoms with Crippen molar-refractivity contribution in [1.29, 1.82) is 0 Å². The van der Waals surface area contributed by atoms with E-state index in [1.165, 1.54) is 12.1 Å². The number of hydrogen-bond donors (Lipinski definition) is 0. The lowest BCUT2D eigenvalue weighted by Gasteiger charge is -2.08. The van der Waals surface area contributed by atoms with Crippen molar-refractivity contribution in [2.75, 3.05) is 0 Å². The summed E-state index contributed by atoms with van der Waals surface area (Å²) in [5, 5.41) is 0.661. The Morgan fingerprint density at radius 1 is 1.19 bits per heavy atom. The van der Waals surface area contributed by atoms with Gasteiger partial charge in [0, 0.05) is 17.0 Å². The van der Waals surface area contributed by atoms with Gasteiger partial charge in [0.2, 0.25) is 0 Å². The Morgan fingerprint density at radius 2 is 1.90 bits per heavy atom. The van der Waals surface area contributed by atoms with Crippen molar-refractivity contribution in [1.82, 2.24) is 0 Å². The van der Waals surface area contributed by atoms with Gasteiger partial charge in [0.05, 0.1) is 0 Å². The van der Waals surface area contributed by atoms with Gasteiger partial charge in [0.1, 0.15) is 11.3 Å². The standard InChI is InChI=1S/C14H9F3O4/c15-14(16,17)13(19)20-7-4-5-9-8-2-1-3-10(8)12(18)21-11(9)6-7/h4-6H,1-3H2.